The summed E-state index contributed by atoms with van der Waals surface area (Å²) >= 11 is 11.5. The van der Waals surface area contributed by atoms with Crippen LogP contribution in [-0.4, -0.2) is 6.03 Å². The van der Waals surface area contributed by atoms with Crippen LogP contribution in [0, 0.1) is 0 Å². The topological polar surface area (TPSA) is 67.1 Å². The highest BCUT2D eigenvalue weighted by atomic mass is 35.5. The van der Waals surface area contributed by atoms with Gasteiger partial charge < -0.3 is 5.32 Å². The van der Waals surface area contributed by atoms with Gasteiger partial charge in [0.25, 0.3) is 0 Å². The number of halogens is 2. The van der Waals surface area contributed by atoms with Gasteiger partial charge in [0.2, 0.25) is 0 Å². The van der Waals surface area contributed by atoms with Gasteiger partial charge in [-0.1, -0.05) is 29.3 Å². The number of nitrogens with two attached hydrogens (primary N) is 1. The minimum Gasteiger partial charge on any atom is -0.305 e. The Hall–Kier alpha value is -0.970. The smallest absolute Gasteiger partial charge is 0.305 e. The lowest BCUT2D eigenvalue weighted by Gasteiger charge is -2.06. The molecule has 0 heterocycles. The first-order chi connectivity index (χ1) is 6.15. The molecule has 0 unspecified atom stereocenters. The second-order valence-electron chi connectivity index (χ2n) is 2.20. The Balaban J connectivity index is 2.89. The summed E-state index contributed by atoms with van der Waals surface area (Å²) in [5.41, 5.74) is 2.32. The van der Waals surface area contributed by atoms with Crippen molar-refractivity contribution < 1.29 is 4.79 Å². The van der Waals surface area contributed by atoms with Crippen LogP contribution in [0.3, 0.4) is 0 Å². The number of hydrogen-bond donors (Lipinski definition) is 3. The number of amides is 2. The van der Waals surface area contributed by atoms with E-state index in [0.29, 0.717) is 10.7 Å². The molecule has 4 nitrogen and oxygen atoms in total. The van der Waals surface area contributed by atoms with Gasteiger partial charge in [0, 0.05) is 0 Å². The first-order valence-corrected chi connectivity index (χ1v) is 4.12. The zero-order chi connectivity index (χ0) is 9.84. The van der Waals surface area contributed by atoms with Crippen molar-refractivity contribution in [1.82, 2.24) is 5.43 Å². The molecule has 0 atom stereocenters. The van der Waals surface area contributed by atoms with Crippen molar-refractivity contribution in [3.05, 3.63) is 28.2 Å². The predicted octanol–water partition coefficient (Wildman–Crippen LogP) is 1.99. The fraction of sp³-hybridized carbons (Fsp3) is 0. The van der Waals surface area contributed by atoms with E-state index in [1.807, 2.05) is 5.43 Å². The van der Waals surface area contributed by atoms with Crippen LogP contribution in [0.25, 0.3) is 0 Å². The van der Waals surface area contributed by atoms with Crippen molar-refractivity contribution in [1.29, 1.82) is 0 Å². The molecule has 0 aliphatic rings. The molecule has 6 heteroatoms. The maximum atomic E-state index is 10.8. The van der Waals surface area contributed by atoms with Crippen LogP contribution >= 0.6 is 23.2 Å². The fourth-order valence-corrected chi connectivity index (χ4v) is 1.11. The molecular formula is C7H7Cl2N3O. The summed E-state index contributed by atoms with van der Waals surface area (Å²) in [4.78, 5) is 10.8. The van der Waals surface area contributed by atoms with E-state index >= 15 is 0 Å². The summed E-state index contributed by atoms with van der Waals surface area (Å²) in [5.74, 6) is 4.87. The molecule has 0 saturated heterocycles. The summed E-state index contributed by atoms with van der Waals surface area (Å²) in [6.07, 6.45) is 0. The monoisotopic (exact) mass is 219 g/mol. The molecule has 1 rings (SSSR count). The lowest BCUT2D eigenvalue weighted by atomic mass is 10.3. The number of urea groups is 1. The largest absolute Gasteiger partial charge is 0.333 e. The Bertz CT molecular complexity index is 330. The first kappa shape index (κ1) is 10.1. The molecule has 0 fully saturated rings. The van der Waals surface area contributed by atoms with Gasteiger partial charge in [-0.05, 0) is 12.1 Å². The molecule has 0 aromatic heterocycles. The Labute approximate surface area is 85.0 Å². The average Bonchev–Trinajstić information content (AvgIpc) is 2.13. The molecule has 70 valence electrons. The number of nitrogens with one attached hydrogen (secondary N) is 2. The quantitative estimate of drug-likeness (QED) is 0.385. The van der Waals surface area contributed by atoms with Crippen molar-refractivity contribution in [2.75, 3.05) is 5.32 Å². The van der Waals surface area contributed by atoms with E-state index in [1.165, 1.54) is 0 Å². The summed E-state index contributed by atoms with van der Waals surface area (Å²) in [7, 11) is 0. The molecule has 0 saturated carbocycles. The van der Waals surface area contributed by atoms with E-state index in [-0.39, 0.29) is 5.02 Å². The fourth-order valence-electron chi connectivity index (χ4n) is 0.759. The summed E-state index contributed by atoms with van der Waals surface area (Å²) in [6.45, 7) is 0. The number of hydrazine groups is 1. The molecule has 4 N–H and O–H groups in total. The number of anilines is 1. The Morgan fingerprint density at radius 3 is 2.69 bits per heavy atom. The highest BCUT2D eigenvalue weighted by Gasteiger charge is 2.05. The first-order valence-electron chi connectivity index (χ1n) is 3.36. The molecular weight excluding hydrogens is 213 g/mol. The molecule has 0 bridgehead atoms. The third-order valence-electron chi connectivity index (χ3n) is 1.33. The Morgan fingerprint density at radius 1 is 1.38 bits per heavy atom. The number of rotatable bonds is 1. The molecule has 1 aromatic rings. The molecule has 2 amide bonds. The number of hydrogen-bond acceptors (Lipinski definition) is 2. The molecule has 1 aromatic carbocycles. The summed E-state index contributed by atoms with van der Waals surface area (Å²) in [5, 5.41) is 3.07. The molecule has 0 spiro atoms. The van der Waals surface area contributed by atoms with Crippen LogP contribution in [0.15, 0.2) is 18.2 Å². The maximum absolute atomic E-state index is 10.8. The molecule has 13 heavy (non-hydrogen) atoms. The average molecular weight is 220 g/mol. The number of benzene rings is 1. The van der Waals surface area contributed by atoms with Gasteiger partial charge in [-0.3, -0.25) is 5.43 Å². The maximum Gasteiger partial charge on any atom is 0.333 e. The van der Waals surface area contributed by atoms with E-state index in [4.69, 9.17) is 29.0 Å². The lowest BCUT2D eigenvalue weighted by Crippen LogP contribution is -2.34. The standard InChI is InChI=1S/C7H7Cl2N3O/c8-4-2-1-3-5(6(4)9)11-7(13)12-10/h1-3H,10H2,(H2,11,12,13). The van der Waals surface area contributed by atoms with Gasteiger partial charge >= 0.3 is 6.03 Å². The lowest BCUT2D eigenvalue weighted by molar-refractivity contribution is 0.252. The van der Waals surface area contributed by atoms with E-state index in [9.17, 15) is 4.79 Å². The van der Waals surface area contributed by atoms with Crippen LogP contribution in [0.1, 0.15) is 0 Å². The van der Waals surface area contributed by atoms with Crippen molar-refractivity contribution in [2.24, 2.45) is 5.84 Å². The zero-order valence-electron chi connectivity index (χ0n) is 6.47. The summed E-state index contributed by atoms with van der Waals surface area (Å²) < 4.78 is 0. The van der Waals surface area contributed by atoms with Crippen LogP contribution in [0.5, 0.6) is 0 Å². The van der Waals surface area contributed by atoms with Crippen LogP contribution in [0.4, 0.5) is 10.5 Å². The van der Waals surface area contributed by atoms with Gasteiger partial charge in [0.1, 0.15) is 0 Å². The minimum absolute atomic E-state index is 0.285. The van der Waals surface area contributed by atoms with Gasteiger partial charge in [-0.2, -0.15) is 0 Å². The van der Waals surface area contributed by atoms with Crippen LogP contribution < -0.4 is 16.6 Å². The van der Waals surface area contributed by atoms with Crippen molar-refractivity contribution in [2.45, 2.75) is 0 Å². The summed E-state index contributed by atoms with van der Waals surface area (Å²) in [6, 6.07) is 4.35. The molecule has 0 radical (unpaired) electrons. The van der Waals surface area contributed by atoms with Gasteiger partial charge in [-0.15, -0.1) is 0 Å². The molecule has 0 aliphatic carbocycles. The third-order valence-corrected chi connectivity index (χ3v) is 2.15. The van der Waals surface area contributed by atoms with Gasteiger partial charge in [0.15, 0.2) is 0 Å². The van der Waals surface area contributed by atoms with E-state index in [1.54, 1.807) is 18.2 Å². The van der Waals surface area contributed by atoms with Gasteiger partial charge in [0.05, 0.1) is 15.7 Å². The van der Waals surface area contributed by atoms with E-state index in [2.05, 4.69) is 5.32 Å². The molecule has 0 aliphatic heterocycles. The Morgan fingerprint density at radius 2 is 2.08 bits per heavy atom. The number of carbonyl (C=O) groups is 1. The van der Waals surface area contributed by atoms with E-state index in [0.717, 1.165) is 0 Å². The van der Waals surface area contributed by atoms with Crippen LogP contribution in [-0.2, 0) is 0 Å². The van der Waals surface area contributed by atoms with E-state index < -0.39 is 6.03 Å². The predicted molar refractivity (Wildman–Crippen MR) is 52.8 cm³/mol. The normalized spacial score (nSPS) is 9.46. The Kier molecular flexibility index (Phi) is 3.36. The van der Waals surface area contributed by atoms with Crippen LogP contribution in [0.2, 0.25) is 10.0 Å². The van der Waals surface area contributed by atoms with Gasteiger partial charge in [-0.25, -0.2) is 10.6 Å². The zero-order valence-corrected chi connectivity index (χ0v) is 7.99. The SMILES string of the molecule is NNC(=O)Nc1cccc(Cl)c1Cl. The highest BCUT2D eigenvalue weighted by Crippen LogP contribution is 2.29. The van der Waals surface area contributed by atoms with Crippen molar-refractivity contribution in [3.8, 4) is 0 Å². The second kappa shape index (κ2) is 4.32. The second-order valence-corrected chi connectivity index (χ2v) is 2.99. The van der Waals surface area contributed by atoms with Crippen molar-refractivity contribution >= 4 is 34.9 Å². The number of carbonyl (C=O) groups excluding carboxylic acids is 1. The minimum atomic E-state index is -0.552. The highest BCUT2D eigenvalue weighted by molar-refractivity contribution is 6.43. The van der Waals surface area contributed by atoms with Crippen molar-refractivity contribution in [3.63, 3.8) is 0 Å². The third kappa shape index (κ3) is 2.48.